The second kappa shape index (κ2) is 8.34. The third kappa shape index (κ3) is 4.31. The molecule has 0 unspecified atom stereocenters. The van der Waals surface area contributed by atoms with E-state index in [4.69, 9.17) is 4.74 Å². The van der Waals surface area contributed by atoms with Crippen LogP contribution >= 0.6 is 15.9 Å². The quantitative estimate of drug-likeness (QED) is 0.825. The molecule has 1 aliphatic rings. The third-order valence-corrected chi connectivity index (χ3v) is 4.98. The van der Waals surface area contributed by atoms with E-state index < -0.39 is 0 Å². The van der Waals surface area contributed by atoms with Gasteiger partial charge in [0.1, 0.15) is 11.6 Å². The van der Waals surface area contributed by atoms with E-state index in [1.807, 2.05) is 30.3 Å². The summed E-state index contributed by atoms with van der Waals surface area (Å²) in [6.45, 7) is 2.38. The van der Waals surface area contributed by atoms with Crippen LogP contribution in [0.3, 0.4) is 0 Å². The van der Waals surface area contributed by atoms with Crippen LogP contribution in [0, 0.1) is 0 Å². The number of methoxy groups -OCH3 is 1. The van der Waals surface area contributed by atoms with Crippen molar-refractivity contribution >= 4 is 27.7 Å². The molecule has 1 aliphatic heterocycles. The first-order chi connectivity index (χ1) is 12.2. The number of ether oxygens (including phenoxy) is 1. The molecule has 25 heavy (non-hydrogen) atoms. The molecule has 1 amide bonds. The summed E-state index contributed by atoms with van der Waals surface area (Å²) < 4.78 is 6.10. The van der Waals surface area contributed by atoms with Crippen LogP contribution in [-0.2, 0) is 6.54 Å². The van der Waals surface area contributed by atoms with E-state index in [0.717, 1.165) is 47.5 Å². The molecule has 0 radical (unpaired) electrons. The number of hydrogen-bond acceptors (Lipinski definition) is 4. The van der Waals surface area contributed by atoms with Gasteiger partial charge in [-0.05, 0) is 65.0 Å². The molecule has 0 atom stereocenters. The maximum Gasteiger partial charge on any atom is 0.255 e. The van der Waals surface area contributed by atoms with E-state index in [1.54, 1.807) is 13.3 Å². The average Bonchev–Trinajstić information content (AvgIpc) is 2.67. The lowest BCUT2D eigenvalue weighted by molar-refractivity contribution is 0.0951. The molecule has 0 bridgehead atoms. The minimum absolute atomic E-state index is 0.0967. The zero-order chi connectivity index (χ0) is 17.6. The summed E-state index contributed by atoms with van der Waals surface area (Å²) in [5.41, 5.74) is 1.64. The first-order valence-corrected chi connectivity index (χ1v) is 9.29. The molecule has 0 spiro atoms. The first-order valence-electron chi connectivity index (χ1n) is 8.49. The largest absolute Gasteiger partial charge is 0.496 e. The maximum atomic E-state index is 12.7. The van der Waals surface area contributed by atoms with Crippen LogP contribution in [0.5, 0.6) is 5.75 Å². The number of carbonyl (C=O) groups is 1. The van der Waals surface area contributed by atoms with Gasteiger partial charge in [0.05, 0.1) is 17.1 Å². The molecule has 1 fully saturated rings. The van der Waals surface area contributed by atoms with Crippen LogP contribution in [0.2, 0.25) is 0 Å². The van der Waals surface area contributed by atoms with Crippen molar-refractivity contribution in [1.29, 1.82) is 0 Å². The van der Waals surface area contributed by atoms with E-state index >= 15 is 0 Å². The van der Waals surface area contributed by atoms with Crippen LogP contribution in [0.15, 0.2) is 41.0 Å². The lowest BCUT2D eigenvalue weighted by atomic mass is 10.1. The molecule has 1 aromatic heterocycles. The average molecular weight is 404 g/mol. The maximum absolute atomic E-state index is 12.7. The van der Waals surface area contributed by atoms with Crippen LogP contribution in [0.4, 0.5) is 5.82 Å². The summed E-state index contributed by atoms with van der Waals surface area (Å²) in [5.74, 6) is 1.46. The fourth-order valence-electron chi connectivity index (χ4n) is 3.03. The van der Waals surface area contributed by atoms with Crippen LogP contribution < -0.4 is 15.0 Å². The highest BCUT2D eigenvalue weighted by molar-refractivity contribution is 9.10. The molecule has 1 aromatic carbocycles. The van der Waals surface area contributed by atoms with E-state index in [1.165, 1.54) is 6.42 Å². The number of hydrogen-bond donors (Lipinski definition) is 1. The van der Waals surface area contributed by atoms with Gasteiger partial charge in [0, 0.05) is 25.8 Å². The van der Waals surface area contributed by atoms with Crippen LogP contribution in [0.25, 0.3) is 0 Å². The summed E-state index contributed by atoms with van der Waals surface area (Å²) >= 11 is 3.47. The SMILES string of the molecule is COc1ccc(CNC(=O)c2cccnc2N2CCCCC2)cc1Br. The minimum atomic E-state index is -0.0967. The van der Waals surface area contributed by atoms with Gasteiger partial charge in [-0.3, -0.25) is 4.79 Å². The fraction of sp³-hybridized carbons (Fsp3) is 0.368. The van der Waals surface area contributed by atoms with Gasteiger partial charge in [-0.15, -0.1) is 0 Å². The number of rotatable bonds is 5. The normalized spacial score (nSPS) is 14.2. The molecule has 1 saturated heterocycles. The van der Waals surface area contributed by atoms with Gasteiger partial charge in [-0.25, -0.2) is 4.98 Å². The highest BCUT2D eigenvalue weighted by Gasteiger charge is 2.19. The van der Waals surface area contributed by atoms with Gasteiger partial charge in [0.15, 0.2) is 0 Å². The molecular formula is C19H22BrN3O2. The van der Waals surface area contributed by atoms with E-state index in [9.17, 15) is 4.79 Å². The van der Waals surface area contributed by atoms with Crippen molar-refractivity contribution < 1.29 is 9.53 Å². The number of piperidine rings is 1. The van der Waals surface area contributed by atoms with Gasteiger partial charge < -0.3 is 15.0 Å². The van der Waals surface area contributed by atoms with Crippen molar-refractivity contribution in [2.45, 2.75) is 25.8 Å². The highest BCUT2D eigenvalue weighted by atomic mass is 79.9. The molecule has 5 nitrogen and oxygen atoms in total. The van der Waals surface area contributed by atoms with Gasteiger partial charge in [0.25, 0.3) is 5.91 Å². The number of halogens is 1. The van der Waals surface area contributed by atoms with Crippen molar-refractivity contribution in [1.82, 2.24) is 10.3 Å². The molecule has 2 aromatic rings. The number of aromatic nitrogens is 1. The Hall–Kier alpha value is -2.08. The van der Waals surface area contributed by atoms with E-state index in [2.05, 4.69) is 31.1 Å². The zero-order valence-electron chi connectivity index (χ0n) is 14.3. The van der Waals surface area contributed by atoms with E-state index in [-0.39, 0.29) is 5.91 Å². The highest BCUT2D eigenvalue weighted by Crippen LogP contribution is 2.26. The first kappa shape index (κ1) is 17.7. The van der Waals surface area contributed by atoms with Crippen LogP contribution in [-0.4, -0.2) is 31.1 Å². The molecule has 6 heteroatoms. The summed E-state index contributed by atoms with van der Waals surface area (Å²) in [4.78, 5) is 19.3. The number of anilines is 1. The number of carbonyl (C=O) groups excluding carboxylic acids is 1. The fourth-order valence-corrected chi connectivity index (χ4v) is 3.62. The Morgan fingerprint density at radius 3 is 2.80 bits per heavy atom. The number of nitrogens with one attached hydrogen (secondary N) is 1. The van der Waals surface area contributed by atoms with Crippen molar-refractivity contribution in [3.05, 3.63) is 52.1 Å². The molecule has 0 aliphatic carbocycles. The number of nitrogens with zero attached hydrogens (tertiary/aromatic N) is 2. The molecular weight excluding hydrogens is 382 g/mol. The Kier molecular flexibility index (Phi) is 5.91. The lowest BCUT2D eigenvalue weighted by Gasteiger charge is -2.29. The predicted octanol–water partition coefficient (Wildman–Crippen LogP) is 3.77. The Balaban J connectivity index is 1.70. The minimum Gasteiger partial charge on any atom is -0.496 e. The topological polar surface area (TPSA) is 54.5 Å². The van der Waals surface area contributed by atoms with Gasteiger partial charge >= 0.3 is 0 Å². The summed E-state index contributed by atoms with van der Waals surface area (Å²) in [6, 6.07) is 9.43. The van der Waals surface area contributed by atoms with Gasteiger partial charge in [-0.1, -0.05) is 6.07 Å². The van der Waals surface area contributed by atoms with Crippen LogP contribution in [0.1, 0.15) is 35.2 Å². The summed E-state index contributed by atoms with van der Waals surface area (Å²) in [6.07, 6.45) is 5.30. The van der Waals surface area contributed by atoms with Crippen molar-refractivity contribution in [2.24, 2.45) is 0 Å². The van der Waals surface area contributed by atoms with E-state index in [0.29, 0.717) is 12.1 Å². The standard InChI is InChI=1S/C19H22BrN3O2/c1-25-17-8-7-14(12-16(17)20)13-22-19(24)15-6-5-9-21-18(15)23-10-3-2-4-11-23/h5-9,12H,2-4,10-11,13H2,1H3,(H,22,24). The predicted molar refractivity (Wildman–Crippen MR) is 102 cm³/mol. The Bertz CT molecular complexity index is 745. The number of pyridine rings is 1. The lowest BCUT2D eigenvalue weighted by Crippen LogP contribution is -2.33. The second-order valence-corrected chi connectivity index (χ2v) is 6.93. The van der Waals surface area contributed by atoms with Crippen molar-refractivity contribution in [3.8, 4) is 5.75 Å². The number of benzene rings is 1. The third-order valence-electron chi connectivity index (χ3n) is 4.36. The number of amides is 1. The smallest absolute Gasteiger partial charge is 0.255 e. The van der Waals surface area contributed by atoms with Gasteiger partial charge in [0.2, 0.25) is 0 Å². The zero-order valence-corrected chi connectivity index (χ0v) is 15.9. The monoisotopic (exact) mass is 403 g/mol. The molecule has 3 rings (SSSR count). The molecule has 0 saturated carbocycles. The van der Waals surface area contributed by atoms with Crippen molar-refractivity contribution in [2.75, 3.05) is 25.1 Å². The molecule has 1 N–H and O–H groups in total. The Morgan fingerprint density at radius 1 is 1.28 bits per heavy atom. The molecule has 2 heterocycles. The molecule has 132 valence electrons. The summed E-state index contributed by atoms with van der Waals surface area (Å²) in [5, 5.41) is 2.99. The Morgan fingerprint density at radius 2 is 2.08 bits per heavy atom. The Labute approximate surface area is 156 Å². The van der Waals surface area contributed by atoms with Gasteiger partial charge in [-0.2, -0.15) is 0 Å². The second-order valence-electron chi connectivity index (χ2n) is 6.07. The summed E-state index contributed by atoms with van der Waals surface area (Å²) in [7, 11) is 1.63. The van der Waals surface area contributed by atoms with Crippen molar-refractivity contribution in [3.63, 3.8) is 0 Å².